The lowest BCUT2D eigenvalue weighted by Crippen LogP contribution is -2.36. The molecule has 3 atom stereocenters. The van der Waals surface area contributed by atoms with Gasteiger partial charge in [-0.05, 0) is 25.1 Å². The van der Waals surface area contributed by atoms with Crippen LogP contribution < -0.4 is 4.90 Å². The van der Waals surface area contributed by atoms with Crippen LogP contribution >= 0.6 is 0 Å². The number of nitrogens with zero attached hydrogens (tertiary/aromatic N) is 2. The molecule has 2 heterocycles. The van der Waals surface area contributed by atoms with Crippen LogP contribution in [0.15, 0.2) is 59.1 Å². The summed E-state index contributed by atoms with van der Waals surface area (Å²) in [5, 5.41) is 10.8. The van der Waals surface area contributed by atoms with Gasteiger partial charge in [-0.25, -0.2) is 9.69 Å². The monoisotopic (exact) mass is 498 g/mol. The van der Waals surface area contributed by atoms with Crippen LogP contribution in [-0.4, -0.2) is 47.0 Å². The van der Waals surface area contributed by atoms with Crippen molar-refractivity contribution in [1.82, 2.24) is 0 Å². The van der Waals surface area contributed by atoms with Gasteiger partial charge in [0.2, 0.25) is 11.8 Å². The molecule has 8 nitrogen and oxygen atoms in total. The van der Waals surface area contributed by atoms with Crippen LogP contribution in [0, 0.1) is 11.8 Å². The van der Waals surface area contributed by atoms with Crippen molar-refractivity contribution in [2.45, 2.75) is 19.1 Å². The van der Waals surface area contributed by atoms with Gasteiger partial charge in [0, 0.05) is 11.1 Å². The number of aliphatic hydroxyl groups excluding tert-OH is 1. The molecule has 0 aromatic heterocycles. The molecule has 2 amide bonds. The van der Waals surface area contributed by atoms with Gasteiger partial charge in [-0.15, -0.1) is 0 Å². The summed E-state index contributed by atoms with van der Waals surface area (Å²) in [5.74, 6) is -6.88. The van der Waals surface area contributed by atoms with Gasteiger partial charge in [0.25, 0.3) is 0 Å². The van der Waals surface area contributed by atoms with E-state index in [2.05, 4.69) is 4.99 Å². The Morgan fingerprint density at radius 3 is 2.39 bits per heavy atom. The van der Waals surface area contributed by atoms with Crippen molar-refractivity contribution < 1.29 is 42.2 Å². The molecule has 11 heteroatoms. The Bertz CT molecular complexity index is 1410. The summed E-state index contributed by atoms with van der Waals surface area (Å²) in [7, 11) is 0. The molecule has 1 fully saturated rings. The molecule has 36 heavy (non-hydrogen) atoms. The van der Waals surface area contributed by atoms with Crippen molar-refractivity contribution >= 4 is 40.7 Å². The number of esters is 1. The van der Waals surface area contributed by atoms with Crippen molar-refractivity contribution in [2.24, 2.45) is 16.8 Å². The zero-order valence-electron chi connectivity index (χ0n) is 18.6. The third kappa shape index (κ3) is 3.34. The molecule has 0 spiro atoms. The van der Waals surface area contributed by atoms with E-state index in [0.717, 1.165) is 18.2 Å². The molecule has 0 radical (unpaired) electrons. The molecule has 5 rings (SSSR count). The number of benzene rings is 2. The summed E-state index contributed by atoms with van der Waals surface area (Å²) in [5.41, 5.74) is -1.67. The molecule has 2 aromatic rings. The highest BCUT2D eigenvalue weighted by Gasteiger charge is 2.61. The van der Waals surface area contributed by atoms with Gasteiger partial charge in [-0.3, -0.25) is 19.4 Å². The number of hydrogen-bond donors (Lipinski definition) is 1. The first kappa shape index (κ1) is 23.5. The number of imide groups is 1. The first-order chi connectivity index (χ1) is 17.1. The molecular formula is C25H17F3N2O6. The van der Waals surface area contributed by atoms with Crippen molar-refractivity contribution in [3.8, 4) is 0 Å². The first-order valence-corrected chi connectivity index (χ1v) is 10.9. The van der Waals surface area contributed by atoms with Gasteiger partial charge in [0.15, 0.2) is 11.8 Å². The number of allylic oxidation sites excluding steroid dienone is 1. The molecule has 184 valence electrons. The van der Waals surface area contributed by atoms with Crippen molar-refractivity contribution in [3.05, 3.63) is 70.8 Å². The Labute approximate surface area is 201 Å². The summed E-state index contributed by atoms with van der Waals surface area (Å²) in [6.07, 6.45) is -4.73. The lowest BCUT2D eigenvalue weighted by Gasteiger charge is -2.19. The van der Waals surface area contributed by atoms with Crippen LogP contribution in [0.5, 0.6) is 0 Å². The summed E-state index contributed by atoms with van der Waals surface area (Å²) in [6, 6.07) is 8.26. The molecule has 1 aliphatic carbocycles. The highest BCUT2D eigenvalue weighted by atomic mass is 19.4. The largest absolute Gasteiger partial charge is 0.506 e. The number of Topliss-reactive ketones (excluding diaryl/α,β-unsaturated/α-hetero) is 1. The maximum Gasteiger partial charge on any atom is 0.416 e. The van der Waals surface area contributed by atoms with E-state index in [1.807, 2.05) is 0 Å². The van der Waals surface area contributed by atoms with E-state index in [0.29, 0.717) is 11.0 Å². The van der Waals surface area contributed by atoms with E-state index in [4.69, 9.17) is 4.74 Å². The van der Waals surface area contributed by atoms with Gasteiger partial charge in [-0.2, -0.15) is 13.2 Å². The quantitative estimate of drug-likeness (QED) is 0.511. The molecule has 1 saturated heterocycles. The minimum absolute atomic E-state index is 0.0601. The third-order valence-electron chi connectivity index (χ3n) is 6.37. The van der Waals surface area contributed by atoms with Crippen LogP contribution in [0.2, 0.25) is 0 Å². The van der Waals surface area contributed by atoms with E-state index in [9.17, 15) is 37.5 Å². The topological polar surface area (TPSA) is 113 Å². The van der Waals surface area contributed by atoms with Gasteiger partial charge in [0.1, 0.15) is 5.76 Å². The molecule has 0 unspecified atom stereocenters. The maximum atomic E-state index is 13.5. The highest BCUT2D eigenvalue weighted by molar-refractivity contribution is 6.42. The third-order valence-corrected chi connectivity index (χ3v) is 6.37. The van der Waals surface area contributed by atoms with Crippen molar-refractivity contribution in [1.29, 1.82) is 0 Å². The average Bonchev–Trinajstić information content (AvgIpc) is 3.43. The predicted molar refractivity (Wildman–Crippen MR) is 119 cm³/mol. The summed E-state index contributed by atoms with van der Waals surface area (Å²) < 4.78 is 44.8. The van der Waals surface area contributed by atoms with E-state index in [1.165, 1.54) is 19.1 Å². The van der Waals surface area contributed by atoms with Crippen LogP contribution in [0.1, 0.15) is 28.4 Å². The molecule has 1 N–H and O–H groups in total. The van der Waals surface area contributed by atoms with Crippen LogP contribution in [0.4, 0.5) is 18.9 Å². The number of halogens is 3. The maximum absolute atomic E-state index is 13.5. The van der Waals surface area contributed by atoms with Crippen LogP contribution in [0.3, 0.4) is 0 Å². The molecule has 2 aliphatic heterocycles. The van der Waals surface area contributed by atoms with Crippen molar-refractivity contribution in [3.63, 3.8) is 0 Å². The number of carbonyl (C=O) groups is 4. The lowest BCUT2D eigenvalue weighted by molar-refractivity contribution is -0.147. The number of hydrogen-bond acceptors (Lipinski definition) is 7. The Morgan fingerprint density at radius 2 is 1.75 bits per heavy atom. The number of ketones is 1. The smallest absolute Gasteiger partial charge is 0.416 e. The standard InChI is InChI=1S/C25H17F3N2O6/c1-2-36-24(35)19-16-15(18(29-19)17-20(31)13-8-3-4-9-14(13)21(17)32)22(33)30(23(16)34)12-7-5-6-11(10-12)25(26,27)28/h3-10,15-16,19,31H,2H2,1H3/t15-,16+,19+/m0/s1. The number of fused-ring (bicyclic) bond motifs is 2. The Balaban J connectivity index is 1.62. The summed E-state index contributed by atoms with van der Waals surface area (Å²) in [6.45, 7) is 1.46. The Hall–Kier alpha value is -4.28. The summed E-state index contributed by atoms with van der Waals surface area (Å²) >= 11 is 0. The first-order valence-electron chi connectivity index (χ1n) is 10.9. The number of carbonyl (C=O) groups excluding carboxylic acids is 4. The van der Waals surface area contributed by atoms with Gasteiger partial charge in [-0.1, -0.05) is 30.3 Å². The minimum atomic E-state index is -4.73. The second-order valence-corrected chi connectivity index (χ2v) is 8.37. The average molecular weight is 498 g/mol. The molecule has 2 aromatic carbocycles. The van der Waals surface area contributed by atoms with Crippen molar-refractivity contribution in [2.75, 3.05) is 11.5 Å². The number of aliphatic hydroxyl groups is 1. The van der Waals surface area contributed by atoms with Gasteiger partial charge in [0.05, 0.1) is 41.0 Å². The summed E-state index contributed by atoms with van der Waals surface area (Å²) in [4.78, 5) is 57.5. The Kier molecular flexibility index (Phi) is 5.31. The fraction of sp³-hybridized carbons (Fsp3) is 0.240. The van der Waals surface area contributed by atoms with E-state index < -0.39 is 58.9 Å². The predicted octanol–water partition coefficient (Wildman–Crippen LogP) is 3.36. The van der Waals surface area contributed by atoms with Crippen LogP contribution in [0.25, 0.3) is 5.76 Å². The second kappa shape index (κ2) is 8.14. The number of alkyl halides is 3. The highest BCUT2D eigenvalue weighted by Crippen LogP contribution is 2.45. The van der Waals surface area contributed by atoms with Crippen LogP contribution in [-0.2, 0) is 25.3 Å². The SMILES string of the molecule is CCOC(=O)[C@@H]1N=C(C2=C(O)c3ccccc3C2=O)[C@H]2C(=O)N(c3cccc(C(F)(F)F)c3)C(=O)[C@H]21. The van der Waals surface area contributed by atoms with E-state index >= 15 is 0 Å². The number of rotatable bonds is 4. The number of ether oxygens (including phenoxy) is 1. The lowest BCUT2D eigenvalue weighted by atomic mass is 9.85. The van der Waals surface area contributed by atoms with Gasteiger partial charge < -0.3 is 9.84 Å². The molecule has 3 aliphatic rings. The normalized spacial score (nSPS) is 23.2. The zero-order valence-corrected chi connectivity index (χ0v) is 18.6. The fourth-order valence-corrected chi connectivity index (χ4v) is 4.83. The molecule has 0 bridgehead atoms. The minimum Gasteiger partial charge on any atom is -0.506 e. The zero-order chi connectivity index (χ0) is 25.9. The molecule has 0 saturated carbocycles. The second-order valence-electron chi connectivity index (χ2n) is 8.37. The molecular weight excluding hydrogens is 481 g/mol. The number of anilines is 1. The fourth-order valence-electron chi connectivity index (χ4n) is 4.83. The van der Waals surface area contributed by atoms with E-state index in [-0.39, 0.29) is 34.7 Å². The number of amides is 2. The number of aliphatic imine (C=N–C) groups is 1. The van der Waals surface area contributed by atoms with Gasteiger partial charge >= 0.3 is 12.1 Å². The Morgan fingerprint density at radius 1 is 1.06 bits per heavy atom. The van der Waals surface area contributed by atoms with E-state index in [1.54, 1.807) is 12.1 Å².